The molecular formula is C5H6N2O2. The van der Waals surface area contributed by atoms with Crippen LogP contribution >= 0.6 is 0 Å². The molecule has 48 valence electrons. The van der Waals surface area contributed by atoms with Crippen LogP contribution in [-0.2, 0) is 0 Å². The molecule has 1 aromatic rings. The van der Waals surface area contributed by atoms with E-state index in [1.54, 1.807) is 6.07 Å². The van der Waals surface area contributed by atoms with Crippen molar-refractivity contribution < 1.29 is 9.63 Å². The van der Waals surface area contributed by atoms with E-state index in [0.717, 1.165) is 4.85 Å². The molecule has 0 bridgehead atoms. The first-order valence-corrected chi connectivity index (χ1v) is 2.42. The van der Waals surface area contributed by atoms with E-state index in [2.05, 4.69) is 9.94 Å². The van der Waals surface area contributed by atoms with Crippen molar-refractivity contribution in [2.24, 2.45) is 0 Å². The van der Waals surface area contributed by atoms with E-state index in [-0.39, 0.29) is 0 Å². The molecule has 0 radical (unpaired) electrons. The lowest BCUT2D eigenvalue weighted by Crippen LogP contribution is -2.10. The third kappa shape index (κ3) is 0.910. The zero-order valence-corrected chi connectivity index (χ0v) is 4.94. The maximum Gasteiger partial charge on any atom is 0.171 e. The van der Waals surface area contributed by atoms with E-state index < -0.39 is 0 Å². The molecule has 1 rings (SSSR count). The lowest BCUT2D eigenvalue weighted by atomic mass is 10.5. The summed E-state index contributed by atoms with van der Waals surface area (Å²) >= 11 is 0. The van der Waals surface area contributed by atoms with Crippen molar-refractivity contribution in [2.75, 3.05) is 7.11 Å². The molecule has 0 aliphatic carbocycles. The van der Waals surface area contributed by atoms with Gasteiger partial charge in [-0.15, -0.1) is 5.10 Å². The maximum absolute atomic E-state index is 10.1. The Morgan fingerprint density at radius 3 is 3.11 bits per heavy atom. The number of hydrogen-bond donors (Lipinski definition) is 0. The van der Waals surface area contributed by atoms with Crippen molar-refractivity contribution in [3.8, 4) is 0 Å². The van der Waals surface area contributed by atoms with Crippen LogP contribution in [0.2, 0.25) is 0 Å². The van der Waals surface area contributed by atoms with E-state index in [0.29, 0.717) is 12.0 Å². The highest BCUT2D eigenvalue weighted by Gasteiger charge is 1.96. The topological polar surface area (TPSA) is 44.1 Å². The fourth-order valence-corrected chi connectivity index (χ4v) is 0.538. The minimum atomic E-state index is 0.414. The average molecular weight is 126 g/mol. The zero-order chi connectivity index (χ0) is 6.69. The van der Waals surface area contributed by atoms with Gasteiger partial charge in [0, 0.05) is 0 Å². The smallest absolute Gasteiger partial charge is 0.171 e. The third-order valence-corrected chi connectivity index (χ3v) is 0.931. The summed E-state index contributed by atoms with van der Waals surface area (Å²) in [6.07, 6.45) is 2.17. The Morgan fingerprint density at radius 2 is 2.67 bits per heavy atom. The van der Waals surface area contributed by atoms with Gasteiger partial charge in [-0.1, -0.05) is 4.85 Å². The molecule has 0 aliphatic rings. The van der Waals surface area contributed by atoms with Crippen LogP contribution in [0.15, 0.2) is 12.3 Å². The number of carbonyl (C=O) groups excluding carboxylic acids is 1. The number of aldehydes is 1. The van der Waals surface area contributed by atoms with Crippen LogP contribution in [0.25, 0.3) is 0 Å². The predicted octanol–water partition coefficient (Wildman–Crippen LogP) is -0.246. The summed E-state index contributed by atoms with van der Waals surface area (Å²) in [7, 11) is 1.44. The zero-order valence-electron chi connectivity index (χ0n) is 4.94. The van der Waals surface area contributed by atoms with Gasteiger partial charge in [0.25, 0.3) is 0 Å². The predicted molar refractivity (Wildman–Crippen MR) is 30.1 cm³/mol. The van der Waals surface area contributed by atoms with Gasteiger partial charge in [0.05, 0.1) is 6.20 Å². The molecule has 0 unspecified atom stereocenters. The standard InChI is InChI=1S/C5H6N2O2/c1-9-7-5(4-8)2-3-6-7/h2-4H,1H3. The molecular weight excluding hydrogens is 120 g/mol. The Labute approximate surface area is 52.0 Å². The summed E-state index contributed by atoms with van der Waals surface area (Å²) in [5.74, 6) is 0. The van der Waals surface area contributed by atoms with Crippen LogP contribution in [-0.4, -0.2) is 23.3 Å². The van der Waals surface area contributed by atoms with Gasteiger partial charge >= 0.3 is 0 Å². The molecule has 0 aliphatic heterocycles. The Balaban J connectivity index is 2.98. The Hall–Kier alpha value is -1.32. The van der Waals surface area contributed by atoms with Gasteiger partial charge in [-0.25, -0.2) is 0 Å². The SMILES string of the molecule is COn1nccc1C=O. The second-order valence-corrected chi connectivity index (χ2v) is 1.43. The van der Waals surface area contributed by atoms with Gasteiger partial charge in [0.15, 0.2) is 6.29 Å². The van der Waals surface area contributed by atoms with Gasteiger partial charge in [0.1, 0.15) is 12.8 Å². The van der Waals surface area contributed by atoms with Crippen molar-refractivity contribution in [1.29, 1.82) is 0 Å². The van der Waals surface area contributed by atoms with E-state index in [1.165, 1.54) is 13.3 Å². The number of hydrogen-bond acceptors (Lipinski definition) is 3. The van der Waals surface area contributed by atoms with Crippen LogP contribution in [0.5, 0.6) is 0 Å². The maximum atomic E-state index is 10.1. The van der Waals surface area contributed by atoms with Gasteiger partial charge < -0.3 is 4.84 Å². The first-order valence-electron chi connectivity index (χ1n) is 2.42. The largest absolute Gasteiger partial charge is 0.399 e. The molecule has 0 spiro atoms. The van der Waals surface area contributed by atoms with E-state index in [9.17, 15) is 4.79 Å². The summed E-state index contributed by atoms with van der Waals surface area (Å²) in [5.41, 5.74) is 0.414. The van der Waals surface area contributed by atoms with Crippen LogP contribution in [0, 0.1) is 0 Å². The summed E-state index contributed by atoms with van der Waals surface area (Å²) < 4.78 is 0. The Kier molecular flexibility index (Phi) is 1.48. The molecule has 4 heteroatoms. The van der Waals surface area contributed by atoms with E-state index >= 15 is 0 Å². The highest BCUT2D eigenvalue weighted by molar-refractivity contribution is 5.71. The minimum absolute atomic E-state index is 0.414. The van der Waals surface area contributed by atoms with Crippen LogP contribution in [0.1, 0.15) is 10.5 Å². The lowest BCUT2D eigenvalue weighted by molar-refractivity contribution is 0.101. The third-order valence-electron chi connectivity index (χ3n) is 0.931. The highest BCUT2D eigenvalue weighted by Crippen LogP contribution is 1.89. The number of nitrogens with zero attached hydrogens (tertiary/aromatic N) is 2. The van der Waals surface area contributed by atoms with Crippen LogP contribution in [0.3, 0.4) is 0 Å². The fourth-order valence-electron chi connectivity index (χ4n) is 0.538. The normalized spacial score (nSPS) is 9.00. The number of aromatic nitrogens is 2. The van der Waals surface area contributed by atoms with Crippen molar-refractivity contribution in [1.82, 2.24) is 9.94 Å². The van der Waals surface area contributed by atoms with Gasteiger partial charge in [-0.05, 0) is 6.07 Å². The fraction of sp³-hybridized carbons (Fsp3) is 0.200. The van der Waals surface area contributed by atoms with E-state index in [4.69, 9.17) is 0 Å². The van der Waals surface area contributed by atoms with Gasteiger partial charge in [0.2, 0.25) is 0 Å². The Bertz CT molecular complexity index is 206. The molecule has 9 heavy (non-hydrogen) atoms. The molecule has 4 nitrogen and oxygen atoms in total. The molecule has 0 amide bonds. The van der Waals surface area contributed by atoms with Crippen molar-refractivity contribution >= 4 is 6.29 Å². The van der Waals surface area contributed by atoms with Crippen LogP contribution in [0.4, 0.5) is 0 Å². The van der Waals surface area contributed by atoms with Crippen molar-refractivity contribution in [3.63, 3.8) is 0 Å². The first kappa shape index (κ1) is 5.81. The van der Waals surface area contributed by atoms with E-state index in [1.807, 2.05) is 0 Å². The molecule has 1 aromatic heterocycles. The molecule has 0 saturated heterocycles. The number of carbonyl (C=O) groups is 1. The first-order chi connectivity index (χ1) is 4.38. The molecule has 0 aromatic carbocycles. The molecule has 0 saturated carbocycles. The van der Waals surface area contributed by atoms with Gasteiger partial charge in [-0.3, -0.25) is 4.79 Å². The molecule has 0 N–H and O–H groups in total. The summed E-state index contributed by atoms with van der Waals surface area (Å²) in [5, 5.41) is 3.67. The minimum Gasteiger partial charge on any atom is -0.399 e. The summed E-state index contributed by atoms with van der Waals surface area (Å²) in [6, 6.07) is 1.57. The molecule has 0 fully saturated rings. The quantitative estimate of drug-likeness (QED) is 0.513. The van der Waals surface area contributed by atoms with Crippen molar-refractivity contribution in [2.45, 2.75) is 0 Å². The average Bonchev–Trinajstić information content (AvgIpc) is 2.33. The second-order valence-electron chi connectivity index (χ2n) is 1.43. The van der Waals surface area contributed by atoms with Crippen molar-refractivity contribution in [3.05, 3.63) is 18.0 Å². The van der Waals surface area contributed by atoms with Crippen LogP contribution < -0.4 is 4.84 Å². The lowest BCUT2D eigenvalue weighted by Gasteiger charge is -1.96. The summed E-state index contributed by atoms with van der Waals surface area (Å²) in [6.45, 7) is 0. The van der Waals surface area contributed by atoms with Gasteiger partial charge in [-0.2, -0.15) is 0 Å². The number of rotatable bonds is 2. The monoisotopic (exact) mass is 126 g/mol. The summed E-state index contributed by atoms with van der Waals surface area (Å²) in [4.78, 5) is 15.9. The Morgan fingerprint density at radius 1 is 1.89 bits per heavy atom. The molecule has 1 heterocycles. The highest BCUT2D eigenvalue weighted by atomic mass is 16.7. The molecule has 0 atom stereocenters. The second kappa shape index (κ2) is 2.30.